The number of anilines is 1. The Morgan fingerprint density at radius 2 is 1.85 bits per heavy atom. The highest BCUT2D eigenvalue weighted by molar-refractivity contribution is 6.32. The van der Waals surface area contributed by atoms with Gasteiger partial charge in [0.15, 0.2) is 0 Å². The molecule has 6 nitrogen and oxygen atoms in total. The molecule has 2 N–H and O–H groups in total. The Balaban J connectivity index is 1.90. The van der Waals surface area contributed by atoms with Gasteiger partial charge >= 0.3 is 0 Å². The number of hydrogen-bond acceptors (Lipinski definition) is 6. The second-order valence-electron chi connectivity index (χ2n) is 6.03. The Morgan fingerprint density at radius 3 is 2.48 bits per heavy atom. The van der Waals surface area contributed by atoms with Gasteiger partial charge in [-0.3, -0.25) is 0 Å². The standard InChI is InChI=1S/C19H16Cl2N4O2/c1-10-15(8-5-13(9-22)16(10)21)23-17(11(2)26)19-25-24-18(27-19)12-3-6-14(20)7-4-12/h3-8,11,17,23,26H,1-2H3/t11-,17+/m0/s1. The highest BCUT2D eigenvalue weighted by atomic mass is 35.5. The zero-order valence-electron chi connectivity index (χ0n) is 14.6. The van der Waals surface area contributed by atoms with Crippen molar-refractivity contribution in [1.82, 2.24) is 10.2 Å². The summed E-state index contributed by atoms with van der Waals surface area (Å²) in [6.07, 6.45) is -0.822. The smallest absolute Gasteiger partial charge is 0.247 e. The second kappa shape index (κ2) is 7.97. The fourth-order valence-electron chi connectivity index (χ4n) is 2.55. The molecule has 2 aromatic carbocycles. The topological polar surface area (TPSA) is 95.0 Å². The van der Waals surface area contributed by atoms with Crippen LogP contribution in [0.25, 0.3) is 11.5 Å². The molecule has 0 amide bonds. The third-order valence-corrected chi connectivity index (χ3v) is 4.84. The van der Waals surface area contributed by atoms with Crippen LogP contribution < -0.4 is 5.32 Å². The summed E-state index contributed by atoms with van der Waals surface area (Å²) in [7, 11) is 0. The molecule has 0 radical (unpaired) electrons. The average Bonchev–Trinajstić information content (AvgIpc) is 3.13. The molecular weight excluding hydrogens is 387 g/mol. The Morgan fingerprint density at radius 1 is 1.15 bits per heavy atom. The lowest BCUT2D eigenvalue weighted by Gasteiger charge is -2.21. The molecule has 8 heteroatoms. The molecule has 27 heavy (non-hydrogen) atoms. The summed E-state index contributed by atoms with van der Waals surface area (Å²) in [5, 5.41) is 31.5. The van der Waals surface area contributed by atoms with E-state index in [2.05, 4.69) is 15.5 Å². The lowest BCUT2D eigenvalue weighted by atomic mass is 10.1. The predicted molar refractivity (Wildman–Crippen MR) is 104 cm³/mol. The van der Waals surface area contributed by atoms with Gasteiger partial charge in [0.25, 0.3) is 0 Å². The lowest BCUT2D eigenvalue weighted by molar-refractivity contribution is 0.159. The fourth-order valence-corrected chi connectivity index (χ4v) is 2.89. The first-order valence-corrected chi connectivity index (χ1v) is 8.89. The first-order valence-electron chi connectivity index (χ1n) is 8.14. The monoisotopic (exact) mass is 402 g/mol. The number of nitriles is 1. The minimum Gasteiger partial charge on any atom is -0.418 e. The summed E-state index contributed by atoms with van der Waals surface area (Å²) in [5.74, 6) is 0.554. The molecule has 2 atom stereocenters. The van der Waals surface area contributed by atoms with E-state index in [9.17, 15) is 5.11 Å². The summed E-state index contributed by atoms with van der Waals surface area (Å²) >= 11 is 12.1. The van der Waals surface area contributed by atoms with Gasteiger partial charge in [-0.05, 0) is 55.8 Å². The van der Waals surface area contributed by atoms with Gasteiger partial charge in [-0.1, -0.05) is 23.2 Å². The van der Waals surface area contributed by atoms with Crippen LogP contribution in [0.15, 0.2) is 40.8 Å². The molecule has 0 saturated heterocycles. The van der Waals surface area contributed by atoms with Crippen LogP contribution in [0.1, 0.15) is 30.0 Å². The van der Waals surface area contributed by atoms with Gasteiger partial charge in [0.1, 0.15) is 12.1 Å². The van der Waals surface area contributed by atoms with E-state index in [4.69, 9.17) is 32.9 Å². The van der Waals surface area contributed by atoms with Gasteiger partial charge in [0.2, 0.25) is 11.8 Å². The van der Waals surface area contributed by atoms with Gasteiger partial charge in [0, 0.05) is 16.3 Å². The minimum absolute atomic E-state index is 0.231. The van der Waals surface area contributed by atoms with E-state index in [0.717, 1.165) is 5.56 Å². The number of nitrogens with zero attached hydrogens (tertiary/aromatic N) is 3. The zero-order chi connectivity index (χ0) is 19.6. The minimum atomic E-state index is -0.822. The van der Waals surface area contributed by atoms with Crippen molar-refractivity contribution in [2.75, 3.05) is 5.32 Å². The molecule has 3 rings (SSSR count). The van der Waals surface area contributed by atoms with Crippen molar-refractivity contribution in [1.29, 1.82) is 5.26 Å². The number of halogens is 2. The summed E-state index contributed by atoms with van der Waals surface area (Å²) in [4.78, 5) is 0. The molecule has 0 spiro atoms. The van der Waals surface area contributed by atoms with Crippen LogP contribution in [0.5, 0.6) is 0 Å². The number of aromatic nitrogens is 2. The molecular formula is C19H16Cl2N4O2. The zero-order valence-corrected chi connectivity index (χ0v) is 16.1. The van der Waals surface area contributed by atoms with Crippen molar-refractivity contribution in [2.24, 2.45) is 0 Å². The number of hydrogen-bond donors (Lipinski definition) is 2. The number of aliphatic hydroxyl groups is 1. The third-order valence-electron chi connectivity index (χ3n) is 4.10. The van der Waals surface area contributed by atoms with Crippen molar-refractivity contribution in [2.45, 2.75) is 26.0 Å². The maximum absolute atomic E-state index is 10.2. The van der Waals surface area contributed by atoms with Crippen molar-refractivity contribution >= 4 is 28.9 Å². The van der Waals surface area contributed by atoms with E-state index in [1.165, 1.54) is 0 Å². The molecule has 0 bridgehead atoms. The van der Waals surface area contributed by atoms with Crippen LogP contribution in [0.2, 0.25) is 10.0 Å². The van der Waals surface area contributed by atoms with Crippen LogP contribution in [0, 0.1) is 18.3 Å². The molecule has 0 aliphatic rings. The van der Waals surface area contributed by atoms with E-state index >= 15 is 0 Å². The Labute approximate surface area is 166 Å². The van der Waals surface area contributed by atoms with E-state index in [1.807, 2.05) is 6.07 Å². The normalized spacial score (nSPS) is 13.0. The number of benzene rings is 2. The Bertz CT molecular complexity index is 994. The molecule has 0 fully saturated rings. The van der Waals surface area contributed by atoms with E-state index < -0.39 is 12.1 Å². The summed E-state index contributed by atoms with van der Waals surface area (Å²) in [6, 6.07) is 11.7. The molecule has 1 aromatic heterocycles. The maximum atomic E-state index is 10.2. The molecule has 0 saturated carbocycles. The maximum Gasteiger partial charge on any atom is 0.247 e. The fraction of sp³-hybridized carbons (Fsp3) is 0.211. The SMILES string of the molecule is Cc1c(N[C@@H](c2nnc(-c3ccc(Cl)cc3)o2)[C@H](C)O)ccc(C#N)c1Cl. The van der Waals surface area contributed by atoms with Crippen LogP contribution in [-0.4, -0.2) is 21.4 Å². The Kier molecular flexibility index (Phi) is 5.66. The van der Waals surface area contributed by atoms with Crippen LogP contribution in [0.4, 0.5) is 5.69 Å². The highest BCUT2D eigenvalue weighted by Gasteiger charge is 2.25. The molecule has 0 unspecified atom stereocenters. The first-order chi connectivity index (χ1) is 12.9. The molecule has 0 aliphatic heterocycles. The molecule has 138 valence electrons. The van der Waals surface area contributed by atoms with Gasteiger partial charge < -0.3 is 14.8 Å². The quantitative estimate of drug-likeness (QED) is 0.638. The van der Waals surface area contributed by atoms with Crippen molar-refractivity contribution in [3.63, 3.8) is 0 Å². The van der Waals surface area contributed by atoms with Gasteiger partial charge in [-0.25, -0.2) is 0 Å². The van der Waals surface area contributed by atoms with Crippen molar-refractivity contribution in [3.8, 4) is 17.5 Å². The Hall–Kier alpha value is -2.59. The lowest BCUT2D eigenvalue weighted by Crippen LogP contribution is -2.23. The van der Waals surface area contributed by atoms with Gasteiger partial charge in [-0.2, -0.15) is 5.26 Å². The molecule has 1 heterocycles. The van der Waals surface area contributed by atoms with E-state index in [1.54, 1.807) is 50.2 Å². The van der Waals surface area contributed by atoms with Crippen LogP contribution in [-0.2, 0) is 0 Å². The highest BCUT2D eigenvalue weighted by Crippen LogP contribution is 2.31. The average molecular weight is 403 g/mol. The number of rotatable bonds is 5. The van der Waals surface area contributed by atoms with Crippen LogP contribution in [0.3, 0.4) is 0 Å². The molecule has 3 aromatic rings. The number of aliphatic hydroxyl groups excluding tert-OH is 1. The molecule has 0 aliphatic carbocycles. The van der Waals surface area contributed by atoms with Gasteiger partial charge in [0.05, 0.1) is 16.7 Å². The summed E-state index contributed by atoms with van der Waals surface area (Å²) < 4.78 is 5.75. The number of nitrogens with one attached hydrogen (secondary N) is 1. The van der Waals surface area contributed by atoms with Crippen molar-refractivity contribution in [3.05, 3.63) is 63.5 Å². The summed E-state index contributed by atoms with van der Waals surface area (Å²) in [5.41, 5.74) is 2.46. The van der Waals surface area contributed by atoms with Crippen molar-refractivity contribution < 1.29 is 9.52 Å². The van der Waals surface area contributed by atoms with E-state index in [0.29, 0.717) is 32.8 Å². The largest absolute Gasteiger partial charge is 0.418 e. The third kappa shape index (κ3) is 4.06. The van der Waals surface area contributed by atoms with Crippen LogP contribution >= 0.6 is 23.2 Å². The van der Waals surface area contributed by atoms with E-state index in [-0.39, 0.29) is 5.89 Å². The predicted octanol–water partition coefficient (Wildman–Crippen LogP) is 4.76. The first kappa shape index (κ1) is 19.2. The van der Waals surface area contributed by atoms with Gasteiger partial charge in [-0.15, -0.1) is 10.2 Å². The summed E-state index contributed by atoms with van der Waals surface area (Å²) in [6.45, 7) is 3.40. The second-order valence-corrected chi connectivity index (χ2v) is 6.84.